The molecule has 0 radical (unpaired) electrons. The molecule has 0 rings (SSSR count). The predicted molar refractivity (Wildman–Crippen MR) is 57.5 cm³/mol. The fraction of sp³-hybridized carbons (Fsp3) is 1.00. The van der Waals surface area contributed by atoms with E-state index in [0.717, 1.165) is 13.1 Å². The van der Waals surface area contributed by atoms with Crippen LogP contribution in [0.2, 0.25) is 0 Å². The van der Waals surface area contributed by atoms with Gasteiger partial charge in [-0.2, -0.15) is 0 Å². The van der Waals surface area contributed by atoms with Gasteiger partial charge in [0.1, 0.15) is 0 Å². The van der Waals surface area contributed by atoms with E-state index >= 15 is 0 Å². The van der Waals surface area contributed by atoms with Crippen molar-refractivity contribution < 1.29 is 9.79 Å². The minimum absolute atomic E-state index is 0.422. The Labute approximate surface area is 82.7 Å². The molecule has 0 fully saturated rings. The zero-order valence-corrected chi connectivity index (χ0v) is 9.96. The first-order valence-corrected chi connectivity index (χ1v) is 6.22. The van der Waals surface area contributed by atoms with E-state index in [1.165, 1.54) is 0 Å². The van der Waals surface area contributed by atoms with Crippen LogP contribution in [0.25, 0.3) is 0 Å². The van der Waals surface area contributed by atoms with Crippen LogP contribution in [0.3, 0.4) is 0 Å². The maximum absolute atomic E-state index is 8.93. The zero-order valence-electron chi connectivity index (χ0n) is 9.06. The summed E-state index contributed by atoms with van der Waals surface area (Å²) in [6.07, 6.45) is 0.422. The smallest absolute Gasteiger partial charge is 0.180 e. The molecule has 80 valence electrons. The SMILES string of the molecule is CC(C)CN(CC(C)C)CP(O)O. The van der Waals surface area contributed by atoms with Crippen molar-refractivity contribution in [3.63, 3.8) is 0 Å². The summed E-state index contributed by atoms with van der Waals surface area (Å²) in [7, 11) is -1.78. The van der Waals surface area contributed by atoms with Crippen LogP contribution in [0.1, 0.15) is 27.7 Å². The molecule has 0 atom stereocenters. The third-order valence-electron chi connectivity index (χ3n) is 1.57. The van der Waals surface area contributed by atoms with Gasteiger partial charge in [-0.1, -0.05) is 27.7 Å². The second kappa shape index (κ2) is 6.72. The second-order valence-electron chi connectivity index (χ2n) is 4.34. The number of hydrogen-bond donors (Lipinski definition) is 2. The van der Waals surface area contributed by atoms with Crippen LogP contribution in [-0.2, 0) is 0 Å². The molecule has 3 nitrogen and oxygen atoms in total. The van der Waals surface area contributed by atoms with Gasteiger partial charge in [-0.3, -0.25) is 4.90 Å². The molecule has 2 N–H and O–H groups in total. The molecular weight excluding hydrogens is 185 g/mol. The van der Waals surface area contributed by atoms with Crippen LogP contribution in [-0.4, -0.2) is 34.1 Å². The normalized spacial score (nSPS) is 12.5. The van der Waals surface area contributed by atoms with E-state index < -0.39 is 8.38 Å². The van der Waals surface area contributed by atoms with Gasteiger partial charge in [0, 0.05) is 13.1 Å². The molecule has 13 heavy (non-hydrogen) atoms. The topological polar surface area (TPSA) is 43.7 Å². The Bertz CT molecular complexity index is 105. The standard InChI is InChI=1S/C9H22NO2P/c1-8(2)5-10(6-9(3)4)7-13(11)12/h8-9,11-12H,5-7H2,1-4H3. The van der Waals surface area contributed by atoms with Crippen molar-refractivity contribution in [3.8, 4) is 0 Å². The van der Waals surface area contributed by atoms with E-state index in [9.17, 15) is 0 Å². The molecule has 0 amide bonds. The van der Waals surface area contributed by atoms with Crippen molar-refractivity contribution in [3.05, 3.63) is 0 Å². The van der Waals surface area contributed by atoms with Crippen LogP contribution in [0, 0.1) is 11.8 Å². The van der Waals surface area contributed by atoms with Gasteiger partial charge in [-0.15, -0.1) is 0 Å². The second-order valence-corrected chi connectivity index (χ2v) is 5.36. The summed E-state index contributed by atoms with van der Waals surface area (Å²) < 4.78 is 0. The summed E-state index contributed by atoms with van der Waals surface area (Å²) in [5.41, 5.74) is 0. The quantitative estimate of drug-likeness (QED) is 0.653. The lowest BCUT2D eigenvalue weighted by Gasteiger charge is -2.25. The molecule has 0 spiro atoms. The van der Waals surface area contributed by atoms with E-state index in [2.05, 4.69) is 32.6 Å². The molecule has 0 aromatic rings. The van der Waals surface area contributed by atoms with E-state index in [0.29, 0.717) is 18.1 Å². The maximum Gasteiger partial charge on any atom is 0.180 e. The molecule has 0 aliphatic heterocycles. The van der Waals surface area contributed by atoms with E-state index in [4.69, 9.17) is 9.79 Å². The highest BCUT2D eigenvalue weighted by Crippen LogP contribution is 2.24. The van der Waals surface area contributed by atoms with Gasteiger partial charge < -0.3 is 9.79 Å². The van der Waals surface area contributed by atoms with E-state index in [1.54, 1.807) is 0 Å². The van der Waals surface area contributed by atoms with Gasteiger partial charge in [0.05, 0.1) is 6.29 Å². The fourth-order valence-electron chi connectivity index (χ4n) is 1.40. The van der Waals surface area contributed by atoms with Crippen LogP contribution >= 0.6 is 8.38 Å². The lowest BCUT2D eigenvalue weighted by molar-refractivity contribution is 0.242. The monoisotopic (exact) mass is 207 g/mol. The third-order valence-corrected chi connectivity index (χ3v) is 2.23. The minimum atomic E-state index is -1.78. The van der Waals surface area contributed by atoms with Crippen LogP contribution in [0.4, 0.5) is 0 Å². The summed E-state index contributed by atoms with van der Waals surface area (Å²) in [4.78, 5) is 20.0. The van der Waals surface area contributed by atoms with Gasteiger partial charge in [0.15, 0.2) is 8.38 Å². The lowest BCUT2D eigenvalue weighted by atomic mass is 10.1. The summed E-state index contributed by atoms with van der Waals surface area (Å²) in [5, 5.41) is 0. The fourth-order valence-corrected chi connectivity index (χ4v) is 1.99. The molecule has 0 aliphatic carbocycles. The Morgan fingerprint density at radius 3 is 1.62 bits per heavy atom. The Balaban J connectivity index is 3.87. The molecule has 0 aromatic carbocycles. The summed E-state index contributed by atoms with van der Waals surface area (Å²) in [6.45, 7) is 10.5. The molecule has 0 saturated carbocycles. The van der Waals surface area contributed by atoms with Crippen molar-refractivity contribution >= 4 is 8.38 Å². The van der Waals surface area contributed by atoms with Crippen LogP contribution in [0.15, 0.2) is 0 Å². The lowest BCUT2D eigenvalue weighted by Crippen LogP contribution is -2.31. The number of nitrogens with zero attached hydrogens (tertiary/aromatic N) is 1. The van der Waals surface area contributed by atoms with E-state index in [-0.39, 0.29) is 0 Å². The summed E-state index contributed by atoms with van der Waals surface area (Å²) in [6, 6.07) is 0. The first-order chi connectivity index (χ1) is 5.91. The molecule has 0 heterocycles. The first-order valence-electron chi connectivity index (χ1n) is 4.79. The van der Waals surface area contributed by atoms with Crippen LogP contribution in [0.5, 0.6) is 0 Å². The molecule has 0 aromatic heterocycles. The third kappa shape index (κ3) is 8.63. The van der Waals surface area contributed by atoms with E-state index in [1.807, 2.05) is 0 Å². The molecule has 0 bridgehead atoms. The zero-order chi connectivity index (χ0) is 10.4. The largest absolute Gasteiger partial charge is 0.349 e. The van der Waals surface area contributed by atoms with Gasteiger partial charge in [0.25, 0.3) is 0 Å². The molecule has 0 saturated heterocycles. The number of hydrogen-bond acceptors (Lipinski definition) is 3. The highest BCUT2D eigenvalue weighted by Gasteiger charge is 2.12. The van der Waals surface area contributed by atoms with Gasteiger partial charge in [-0.25, -0.2) is 0 Å². The Morgan fingerprint density at radius 2 is 1.38 bits per heavy atom. The van der Waals surface area contributed by atoms with Crippen molar-refractivity contribution in [2.45, 2.75) is 27.7 Å². The summed E-state index contributed by atoms with van der Waals surface area (Å²) in [5.74, 6) is 1.15. The predicted octanol–water partition coefficient (Wildman–Crippen LogP) is 1.85. The Kier molecular flexibility index (Phi) is 6.88. The van der Waals surface area contributed by atoms with Crippen molar-refractivity contribution in [2.75, 3.05) is 19.4 Å². The molecule has 0 unspecified atom stereocenters. The van der Waals surface area contributed by atoms with Gasteiger partial charge >= 0.3 is 0 Å². The van der Waals surface area contributed by atoms with Crippen molar-refractivity contribution in [1.29, 1.82) is 0 Å². The molecule has 0 aliphatic rings. The first kappa shape index (κ1) is 13.3. The average Bonchev–Trinajstić information content (AvgIpc) is 1.80. The highest BCUT2D eigenvalue weighted by molar-refractivity contribution is 7.44. The van der Waals surface area contributed by atoms with Gasteiger partial charge in [-0.05, 0) is 11.8 Å². The van der Waals surface area contributed by atoms with Crippen molar-refractivity contribution in [1.82, 2.24) is 4.90 Å². The molecular formula is C9H22NO2P. The maximum atomic E-state index is 8.93. The highest BCUT2D eigenvalue weighted by atomic mass is 31.2. The van der Waals surface area contributed by atoms with Gasteiger partial charge in [0.2, 0.25) is 0 Å². The average molecular weight is 207 g/mol. The number of rotatable bonds is 6. The van der Waals surface area contributed by atoms with Crippen molar-refractivity contribution in [2.24, 2.45) is 11.8 Å². The van der Waals surface area contributed by atoms with Crippen LogP contribution < -0.4 is 0 Å². The minimum Gasteiger partial charge on any atom is -0.349 e. The Morgan fingerprint density at radius 1 is 1.00 bits per heavy atom. The molecule has 4 heteroatoms. The summed E-state index contributed by atoms with van der Waals surface area (Å²) >= 11 is 0. The Hall–Kier alpha value is 0.310.